The molecule has 2 aromatic heterocycles. The van der Waals surface area contributed by atoms with Crippen LogP contribution >= 0.6 is 15.9 Å². The summed E-state index contributed by atoms with van der Waals surface area (Å²) in [5.74, 6) is 0.0420. The van der Waals surface area contributed by atoms with Crippen molar-refractivity contribution >= 4 is 27.9 Å². The van der Waals surface area contributed by atoms with Crippen LogP contribution in [0.5, 0.6) is 0 Å². The minimum Gasteiger partial charge on any atom is -0.343 e. The summed E-state index contributed by atoms with van der Waals surface area (Å²) in [6.07, 6.45) is 7.26. The van der Waals surface area contributed by atoms with E-state index in [0.717, 1.165) is 29.0 Å². The average molecular weight is 362 g/mol. The molecule has 0 aliphatic rings. The lowest BCUT2D eigenvalue weighted by Crippen LogP contribution is -2.28. The second-order valence-corrected chi connectivity index (χ2v) is 5.61. The van der Waals surface area contributed by atoms with Gasteiger partial charge in [-0.25, -0.2) is 4.98 Å². The van der Waals surface area contributed by atoms with E-state index in [-0.39, 0.29) is 5.91 Å². The van der Waals surface area contributed by atoms with Crippen LogP contribution in [0.2, 0.25) is 0 Å². The smallest absolute Gasteiger partial charge is 0.246 e. The monoisotopic (exact) mass is 361 g/mol. The molecule has 0 spiro atoms. The quantitative estimate of drug-likeness (QED) is 0.582. The first-order valence-electron chi connectivity index (χ1n) is 7.37. The standard InChI is InChI=1S/C17H20BrN3O/c1-3-20(4-2)16(22)10-9-15-8-6-12-21(15)13-14-7-5-11-19-17(14)18/h5-12H,3-4,13H2,1-2H3/b10-9+. The molecular formula is C17H20BrN3O. The minimum atomic E-state index is 0.0420. The zero-order valence-corrected chi connectivity index (χ0v) is 14.5. The van der Waals surface area contributed by atoms with E-state index in [1.54, 1.807) is 17.2 Å². The molecule has 0 saturated heterocycles. The molecule has 0 bridgehead atoms. The predicted molar refractivity (Wildman–Crippen MR) is 92.4 cm³/mol. The summed E-state index contributed by atoms with van der Waals surface area (Å²) in [6, 6.07) is 7.93. The van der Waals surface area contributed by atoms with Gasteiger partial charge in [-0.1, -0.05) is 6.07 Å². The maximum absolute atomic E-state index is 12.0. The molecule has 0 N–H and O–H groups in total. The summed E-state index contributed by atoms with van der Waals surface area (Å²) in [6.45, 7) is 6.13. The van der Waals surface area contributed by atoms with E-state index < -0.39 is 0 Å². The Bertz CT molecular complexity index is 659. The topological polar surface area (TPSA) is 38.1 Å². The van der Waals surface area contributed by atoms with Crippen molar-refractivity contribution in [2.75, 3.05) is 13.1 Å². The Balaban J connectivity index is 2.13. The van der Waals surface area contributed by atoms with Crippen LogP contribution in [0.15, 0.2) is 47.3 Å². The molecule has 0 aromatic carbocycles. The van der Waals surface area contributed by atoms with Crippen LogP contribution in [-0.4, -0.2) is 33.4 Å². The molecule has 1 amide bonds. The largest absolute Gasteiger partial charge is 0.343 e. The maximum Gasteiger partial charge on any atom is 0.246 e. The van der Waals surface area contributed by atoms with Gasteiger partial charge in [-0.3, -0.25) is 4.79 Å². The van der Waals surface area contributed by atoms with Gasteiger partial charge in [-0.05, 0) is 54.1 Å². The lowest BCUT2D eigenvalue weighted by atomic mass is 10.2. The van der Waals surface area contributed by atoms with E-state index in [1.807, 2.05) is 50.4 Å². The number of aromatic nitrogens is 2. The number of hydrogen-bond donors (Lipinski definition) is 0. The number of halogens is 1. The molecule has 2 rings (SSSR count). The molecule has 0 aliphatic carbocycles. The molecule has 0 radical (unpaired) electrons. The van der Waals surface area contributed by atoms with Gasteiger partial charge in [0.05, 0.1) is 6.54 Å². The lowest BCUT2D eigenvalue weighted by molar-refractivity contribution is -0.125. The van der Waals surface area contributed by atoms with Crippen molar-refractivity contribution in [3.05, 3.63) is 58.6 Å². The molecule has 0 unspecified atom stereocenters. The zero-order chi connectivity index (χ0) is 15.9. The van der Waals surface area contributed by atoms with Crippen LogP contribution in [-0.2, 0) is 11.3 Å². The van der Waals surface area contributed by atoms with Crippen LogP contribution in [0, 0.1) is 0 Å². The summed E-state index contributed by atoms with van der Waals surface area (Å²) in [7, 11) is 0. The zero-order valence-electron chi connectivity index (χ0n) is 12.9. The third-order valence-corrected chi connectivity index (χ3v) is 4.23. The van der Waals surface area contributed by atoms with Gasteiger partial charge in [0, 0.05) is 42.8 Å². The fraction of sp³-hybridized carbons (Fsp3) is 0.294. The number of pyridine rings is 1. The second kappa shape index (κ2) is 7.94. The molecule has 4 nitrogen and oxygen atoms in total. The van der Waals surface area contributed by atoms with Crippen LogP contribution in [0.4, 0.5) is 0 Å². The molecule has 22 heavy (non-hydrogen) atoms. The van der Waals surface area contributed by atoms with Gasteiger partial charge in [0.1, 0.15) is 4.60 Å². The van der Waals surface area contributed by atoms with E-state index in [4.69, 9.17) is 0 Å². The van der Waals surface area contributed by atoms with Crippen molar-refractivity contribution in [3.8, 4) is 0 Å². The van der Waals surface area contributed by atoms with E-state index in [0.29, 0.717) is 6.54 Å². The van der Waals surface area contributed by atoms with Crippen molar-refractivity contribution < 1.29 is 4.79 Å². The molecule has 0 saturated carbocycles. The summed E-state index contributed by atoms with van der Waals surface area (Å²) >= 11 is 3.46. The van der Waals surface area contributed by atoms with Gasteiger partial charge >= 0.3 is 0 Å². The Hall–Kier alpha value is -1.88. The fourth-order valence-electron chi connectivity index (χ4n) is 2.24. The van der Waals surface area contributed by atoms with Gasteiger partial charge in [0.2, 0.25) is 5.91 Å². The van der Waals surface area contributed by atoms with E-state index in [1.165, 1.54) is 0 Å². The Morgan fingerprint density at radius 2 is 2.09 bits per heavy atom. The number of carbonyl (C=O) groups is 1. The molecule has 5 heteroatoms. The average Bonchev–Trinajstić information content (AvgIpc) is 2.96. The number of carbonyl (C=O) groups excluding carboxylic acids is 1. The third-order valence-electron chi connectivity index (χ3n) is 3.51. The highest BCUT2D eigenvalue weighted by Gasteiger charge is 2.06. The fourth-order valence-corrected chi connectivity index (χ4v) is 2.62. The first-order chi connectivity index (χ1) is 10.7. The van der Waals surface area contributed by atoms with Gasteiger partial charge < -0.3 is 9.47 Å². The third kappa shape index (κ3) is 4.07. The van der Waals surface area contributed by atoms with Crippen LogP contribution in [0.25, 0.3) is 6.08 Å². The Morgan fingerprint density at radius 1 is 1.32 bits per heavy atom. The first-order valence-corrected chi connectivity index (χ1v) is 8.16. The van der Waals surface area contributed by atoms with Crippen molar-refractivity contribution in [3.63, 3.8) is 0 Å². The molecule has 2 aromatic rings. The van der Waals surface area contributed by atoms with Crippen molar-refractivity contribution in [1.82, 2.24) is 14.5 Å². The molecule has 2 heterocycles. The minimum absolute atomic E-state index is 0.0420. The van der Waals surface area contributed by atoms with E-state index >= 15 is 0 Å². The SMILES string of the molecule is CCN(CC)C(=O)/C=C/c1cccn1Cc1cccnc1Br. The number of nitrogens with zero attached hydrogens (tertiary/aromatic N) is 3. The number of likely N-dealkylation sites (N-methyl/N-ethyl adjacent to an activating group) is 1. The van der Waals surface area contributed by atoms with E-state index in [2.05, 4.69) is 25.5 Å². The number of hydrogen-bond acceptors (Lipinski definition) is 2. The van der Waals surface area contributed by atoms with Gasteiger partial charge in [-0.2, -0.15) is 0 Å². The van der Waals surface area contributed by atoms with Crippen LogP contribution < -0.4 is 0 Å². The van der Waals surface area contributed by atoms with E-state index in [9.17, 15) is 4.79 Å². The van der Waals surface area contributed by atoms with Gasteiger partial charge in [-0.15, -0.1) is 0 Å². The summed E-state index contributed by atoms with van der Waals surface area (Å²) in [4.78, 5) is 18.1. The van der Waals surface area contributed by atoms with Crippen LogP contribution in [0.3, 0.4) is 0 Å². The van der Waals surface area contributed by atoms with Crippen molar-refractivity contribution in [1.29, 1.82) is 0 Å². The molecule has 0 fully saturated rings. The summed E-state index contributed by atoms with van der Waals surface area (Å²) < 4.78 is 2.94. The lowest BCUT2D eigenvalue weighted by Gasteiger charge is -2.16. The molecule has 0 atom stereocenters. The van der Waals surface area contributed by atoms with Crippen molar-refractivity contribution in [2.45, 2.75) is 20.4 Å². The Morgan fingerprint density at radius 3 is 2.77 bits per heavy atom. The molecule has 0 aliphatic heterocycles. The highest BCUT2D eigenvalue weighted by Crippen LogP contribution is 2.16. The van der Waals surface area contributed by atoms with Crippen molar-refractivity contribution in [2.24, 2.45) is 0 Å². The molecular weight excluding hydrogens is 342 g/mol. The first kappa shape index (κ1) is 16.5. The summed E-state index contributed by atoms with van der Waals surface area (Å²) in [5, 5.41) is 0. The normalized spacial score (nSPS) is 11.0. The number of amides is 1. The maximum atomic E-state index is 12.0. The second-order valence-electron chi connectivity index (χ2n) is 4.86. The van der Waals surface area contributed by atoms with Crippen LogP contribution in [0.1, 0.15) is 25.1 Å². The molecule has 116 valence electrons. The summed E-state index contributed by atoms with van der Waals surface area (Å²) in [5.41, 5.74) is 2.10. The predicted octanol–water partition coefficient (Wildman–Crippen LogP) is 3.58. The van der Waals surface area contributed by atoms with Gasteiger partial charge in [0.25, 0.3) is 0 Å². The highest BCUT2D eigenvalue weighted by molar-refractivity contribution is 9.10. The Labute approximate surface area is 139 Å². The van der Waals surface area contributed by atoms with Gasteiger partial charge in [0.15, 0.2) is 0 Å². The highest BCUT2D eigenvalue weighted by atomic mass is 79.9. The number of rotatable bonds is 6. The Kier molecular flexibility index (Phi) is 5.95.